The fourth-order valence-electron chi connectivity index (χ4n) is 8.51. The van der Waals surface area contributed by atoms with Gasteiger partial charge in [0, 0.05) is 69.8 Å². The maximum atomic E-state index is 8.72. The van der Waals surface area contributed by atoms with Gasteiger partial charge >= 0.3 is 0 Å². The number of unbranched alkanes of at least 4 members (excludes halogenated alkanes) is 2. The summed E-state index contributed by atoms with van der Waals surface area (Å²) in [4.78, 5) is 0. The molecule has 7 nitrogen and oxygen atoms in total. The molecule has 0 amide bonds. The Bertz CT molecular complexity index is 2950. The van der Waals surface area contributed by atoms with Gasteiger partial charge in [-0.25, -0.2) is 0 Å². The van der Waals surface area contributed by atoms with Crippen molar-refractivity contribution in [3.63, 3.8) is 0 Å². The van der Waals surface area contributed by atoms with Crippen LogP contribution in [0.3, 0.4) is 0 Å². The summed E-state index contributed by atoms with van der Waals surface area (Å²) in [5, 5.41) is 19.8. The van der Waals surface area contributed by atoms with Crippen LogP contribution < -0.4 is 5.73 Å². The van der Waals surface area contributed by atoms with E-state index in [1.165, 1.54) is 43.7 Å². The van der Waals surface area contributed by atoms with Crippen molar-refractivity contribution in [3.8, 4) is 0 Å². The van der Waals surface area contributed by atoms with E-state index in [1.807, 2.05) is 122 Å². The zero-order valence-corrected chi connectivity index (χ0v) is 42.9. The summed E-state index contributed by atoms with van der Waals surface area (Å²) in [7, 11) is 0. The predicted octanol–water partition coefficient (Wildman–Crippen LogP) is 17.4. The molecule has 0 saturated carbocycles. The number of nitrogens with two attached hydrogens (primary N) is 1. The van der Waals surface area contributed by atoms with Crippen LogP contribution in [0.2, 0.25) is 0 Å². The molecule has 0 spiro atoms. The molecule has 10 aromatic rings. The summed E-state index contributed by atoms with van der Waals surface area (Å²) in [6, 6.07) is 65.8. The second-order valence-corrected chi connectivity index (χ2v) is 17.0. The van der Waals surface area contributed by atoms with Gasteiger partial charge < -0.3 is 36.6 Å². The first-order chi connectivity index (χ1) is 33.2. The fraction of sp³-hybridized carbons (Fsp3) is 0.180. The molecule has 69 heavy (non-hydrogen) atoms. The van der Waals surface area contributed by atoms with Crippen molar-refractivity contribution in [1.29, 1.82) is 0 Å². The number of nitrogens with zero attached hydrogens (tertiary/aromatic N) is 5. The molecule has 0 aliphatic heterocycles. The Labute approximate surface area is 429 Å². The van der Waals surface area contributed by atoms with Crippen LogP contribution in [0.25, 0.3) is 65.3 Å². The Kier molecular flexibility index (Phi) is 19.3. The first kappa shape index (κ1) is 51.8. The van der Waals surface area contributed by atoms with Gasteiger partial charge in [-0.3, -0.25) is 0 Å². The van der Waals surface area contributed by atoms with E-state index in [9.17, 15) is 0 Å². The number of fused-ring (bicyclic) bond motifs is 6. The van der Waals surface area contributed by atoms with E-state index in [-0.39, 0.29) is 32.5 Å². The van der Waals surface area contributed by atoms with Crippen molar-refractivity contribution in [1.82, 2.24) is 9.13 Å². The third-order valence-electron chi connectivity index (χ3n) is 11.9. The van der Waals surface area contributed by atoms with E-state index in [2.05, 4.69) is 123 Å². The first-order valence-electron chi connectivity index (χ1n) is 23.5. The summed E-state index contributed by atoms with van der Waals surface area (Å²) in [5.41, 5.74) is 27.5. The molecular weight excluding hydrogens is 922 g/mol. The van der Waals surface area contributed by atoms with E-state index in [1.54, 1.807) is 0 Å². The summed E-state index contributed by atoms with van der Waals surface area (Å²) >= 11 is 0. The number of aromatic nitrogens is 2. The van der Waals surface area contributed by atoms with Crippen LogP contribution in [0.4, 0.5) is 11.4 Å². The van der Waals surface area contributed by atoms with Crippen molar-refractivity contribution in [2.75, 3.05) is 13.1 Å². The number of hydrogen-bond donors (Lipinski definition) is 1. The number of para-hydroxylation sites is 6. The van der Waals surface area contributed by atoms with Gasteiger partial charge in [-0.15, -0.1) is 54.8 Å². The topological polar surface area (TPSA) is 102 Å². The number of hydrogen-bond acceptors (Lipinski definition) is 1. The smallest absolute Gasteiger partial charge is 0.0463 e. The molecular formula is C61H63N7Zr-6. The summed E-state index contributed by atoms with van der Waals surface area (Å²) in [6.45, 7) is 17.3. The Morgan fingerprint density at radius 3 is 1.14 bits per heavy atom. The van der Waals surface area contributed by atoms with E-state index in [0.717, 1.165) is 77.0 Å². The van der Waals surface area contributed by atoms with E-state index in [0.29, 0.717) is 0 Å². The standard InChI is InChI=1S/C26H30N4.C21H19N3.2C7H7.Zr/c1-19-11-10-12-20(2)25(19)29-26(28-18-9-3-8-17-27)30-23-15-6-4-13-21(23)22-14-5-7-16-24(22)30;1-14-8-7-9-15(2)20(14)23-21(22)24-18-12-5-3-10-16(18)17-11-4-6-13-19(17)24;2*1-7-5-3-2-4-6-7;/h4-7,10-16,26H,3,8-9,17-18,27H2,1-2H3;3-13,21-22H,1-2H3;2*2-6H,1H2;/q2*-2;2*-1;. The molecule has 0 fully saturated rings. The average molecular weight is 985 g/mol. The third-order valence-corrected chi connectivity index (χ3v) is 11.9. The van der Waals surface area contributed by atoms with Gasteiger partial charge in [0.1, 0.15) is 0 Å². The normalized spacial score (nSPS) is 11.6. The van der Waals surface area contributed by atoms with Gasteiger partial charge in [0.2, 0.25) is 0 Å². The molecule has 0 aliphatic rings. The first-order valence-corrected chi connectivity index (χ1v) is 23.5. The van der Waals surface area contributed by atoms with Crippen LogP contribution in [-0.2, 0) is 26.2 Å². The summed E-state index contributed by atoms with van der Waals surface area (Å²) in [6.07, 6.45) is 2.17. The Balaban J connectivity index is 0.000000177. The third kappa shape index (κ3) is 13.2. The molecule has 2 heterocycles. The quantitative estimate of drug-likeness (QED) is 0.0956. The maximum absolute atomic E-state index is 8.72. The van der Waals surface area contributed by atoms with Gasteiger partial charge in [-0.2, -0.15) is 49.2 Å². The molecule has 10 rings (SSSR count). The Morgan fingerprint density at radius 1 is 0.435 bits per heavy atom. The minimum absolute atomic E-state index is 0. The largest absolute Gasteiger partial charge is 0.682 e. The van der Waals surface area contributed by atoms with Crippen LogP contribution in [0.5, 0.6) is 0 Å². The number of nitrogens with one attached hydrogen (secondary N) is 1. The SMILES string of the molecule is Cc1cccc(C)c1[N-]C([N-]CCCCCN)n1c2ccccc2c2ccccc21.Cc1cccc(C)c1[N-]C([NH-])n1c2ccccc2c2ccccc21.[CH2-]c1ccccc1.[CH2-]c1ccccc1.[Zr]. The molecule has 2 aromatic heterocycles. The number of rotatable bonds is 12. The van der Waals surface area contributed by atoms with Gasteiger partial charge in [0.25, 0.3) is 0 Å². The zero-order valence-electron chi connectivity index (χ0n) is 40.4. The molecule has 0 bridgehead atoms. The van der Waals surface area contributed by atoms with Crippen molar-refractivity contribution in [3.05, 3.63) is 263 Å². The minimum Gasteiger partial charge on any atom is -0.682 e. The van der Waals surface area contributed by atoms with Crippen LogP contribution in [0.1, 0.15) is 65.2 Å². The monoisotopic (exact) mass is 983 g/mol. The molecule has 352 valence electrons. The maximum Gasteiger partial charge on any atom is 0.0463 e. The van der Waals surface area contributed by atoms with Crippen molar-refractivity contribution >= 4 is 55.0 Å². The van der Waals surface area contributed by atoms with Gasteiger partial charge in [0.05, 0.1) is 0 Å². The van der Waals surface area contributed by atoms with Gasteiger partial charge in [-0.1, -0.05) is 156 Å². The Hall–Kier alpha value is -6.54. The fourth-order valence-corrected chi connectivity index (χ4v) is 8.51. The molecule has 8 heteroatoms. The van der Waals surface area contributed by atoms with Gasteiger partial charge in [-0.05, 0) is 64.9 Å². The van der Waals surface area contributed by atoms with E-state index in [4.69, 9.17) is 27.4 Å². The second-order valence-electron chi connectivity index (χ2n) is 17.0. The minimum atomic E-state index is -0.713. The molecule has 3 N–H and O–H groups in total. The summed E-state index contributed by atoms with van der Waals surface area (Å²) < 4.78 is 4.30. The second kappa shape index (κ2) is 25.7. The molecule has 0 radical (unpaired) electrons. The molecule has 8 aromatic carbocycles. The van der Waals surface area contributed by atoms with Crippen molar-refractivity contribution in [2.45, 2.75) is 59.5 Å². The van der Waals surface area contributed by atoms with Gasteiger partial charge in [0.15, 0.2) is 0 Å². The van der Waals surface area contributed by atoms with Crippen molar-refractivity contribution in [2.24, 2.45) is 5.73 Å². The molecule has 0 saturated heterocycles. The Morgan fingerprint density at radius 2 is 0.783 bits per heavy atom. The van der Waals surface area contributed by atoms with Crippen LogP contribution in [-0.4, -0.2) is 22.2 Å². The van der Waals surface area contributed by atoms with E-state index < -0.39 is 6.29 Å². The van der Waals surface area contributed by atoms with E-state index >= 15 is 0 Å². The van der Waals surface area contributed by atoms with Crippen LogP contribution in [0, 0.1) is 41.5 Å². The molecule has 2 unspecified atom stereocenters. The van der Waals surface area contributed by atoms with Crippen LogP contribution >= 0.6 is 0 Å². The van der Waals surface area contributed by atoms with Crippen LogP contribution in [0.15, 0.2) is 194 Å². The average Bonchev–Trinajstić information content (AvgIpc) is 3.88. The molecule has 0 aliphatic carbocycles. The number of benzene rings is 8. The van der Waals surface area contributed by atoms with Crippen molar-refractivity contribution < 1.29 is 26.2 Å². The summed E-state index contributed by atoms with van der Waals surface area (Å²) in [5.74, 6) is 0. The zero-order chi connectivity index (χ0) is 47.8. The number of aryl methyl sites for hydroxylation is 4. The predicted molar refractivity (Wildman–Crippen MR) is 292 cm³/mol. The molecule has 2 atom stereocenters.